The maximum atomic E-state index is 5.31. The second-order valence-electron chi connectivity index (χ2n) is 3.27. The number of hydrogen-bond donors (Lipinski definition) is 2. The SMILES string of the molecule is Cc1nc(-c2ccccc2)sc1CNN. The molecule has 0 fully saturated rings. The Hall–Kier alpha value is -1.23. The molecule has 15 heavy (non-hydrogen) atoms. The number of nitrogens with zero attached hydrogens (tertiary/aromatic N) is 1. The predicted molar refractivity (Wildman–Crippen MR) is 63.3 cm³/mol. The predicted octanol–water partition coefficient (Wildman–Crippen LogP) is 2.08. The van der Waals surface area contributed by atoms with E-state index in [4.69, 9.17) is 5.84 Å². The van der Waals surface area contributed by atoms with E-state index in [-0.39, 0.29) is 0 Å². The highest BCUT2D eigenvalue weighted by Crippen LogP contribution is 2.27. The van der Waals surface area contributed by atoms with Crippen LogP contribution in [-0.2, 0) is 6.54 Å². The van der Waals surface area contributed by atoms with Crippen molar-refractivity contribution in [1.82, 2.24) is 10.4 Å². The lowest BCUT2D eigenvalue weighted by Crippen LogP contribution is -2.20. The van der Waals surface area contributed by atoms with Crippen molar-refractivity contribution in [2.75, 3.05) is 0 Å². The van der Waals surface area contributed by atoms with Crippen LogP contribution in [0.25, 0.3) is 10.6 Å². The van der Waals surface area contributed by atoms with E-state index in [0.29, 0.717) is 6.54 Å². The third-order valence-corrected chi connectivity index (χ3v) is 3.38. The van der Waals surface area contributed by atoms with Crippen molar-refractivity contribution in [3.8, 4) is 10.6 Å². The molecule has 1 aromatic carbocycles. The van der Waals surface area contributed by atoms with Gasteiger partial charge in [0.05, 0.1) is 5.69 Å². The van der Waals surface area contributed by atoms with Gasteiger partial charge in [-0.1, -0.05) is 30.3 Å². The number of aryl methyl sites for hydroxylation is 1. The second kappa shape index (κ2) is 4.53. The maximum absolute atomic E-state index is 5.31. The van der Waals surface area contributed by atoms with Crippen molar-refractivity contribution in [3.63, 3.8) is 0 Å². The molecule has 0 saturated carbocycles. The number of hydrazine groups is 1. The van der Waals surface area contributed by atoms with E-state index in [9.17, 15) is 0 Å². The van der Waals surface area contributed by atoms with Gasteiger partial charge in [0.1, 0.15) is 5.01 Å². The van der Waals surface area contributed by atoms with Gasteiger partial charge in [-0.3, -0.25) is 11.3 Å². The van der Waals surface area contributed by atoms with Crippen LogP contribution in [-0.4, -0.2) is 4.98 Å². The van der Waals surface area contributed by atoms with E-state index in [1.54, 1.807) is 11.3 Å². The third-order valence-electron chi connectivity index (χ3n) is 2.18. The van der Waals surface area contributed by atoms with Crippen LogP contribution in [0.3, 0.4) is 0 Å². The highest BCUT2D eigenvalue weighted by molar-refractivity contribution is 7.15. The first-order valence-corrected chi connectivity index (χ1v) is 5.58. The fourth-order valence-corrected chi connectivity index (χ4v) is 2.41. The summed E-state index contributed by atoms with van der Waals surface area (Å²) >= 11 is 1.68. The zero-order valence-electron chi connectivity index (χ0n) is 8.53. The van der Waals surface area contributed by atoms with E-state index in [2.05, 4.69) is 22.5 Å². The Balaban J connectivity index is 2.34. The summed E-state index contributed by atoms with van der Waals surface area (Å²) in [6.45, 7) is 2.69. The number of benzene rings is 1. The van der Waals surface area contributed by atoms with Crippen LogP contribution in [0, 0.1) is 6.92 Å². The minimum absolute atomic E-state index is 0.677. The summed E-state index contributed by atoms with van der Waals surface area (Å²) in [4.78, 5) is 5.71. The number of hydrogen-bond acceptors (Lipinski definition) is 4. The van der Waals surface area contributed by atoms with E-state index >= 15 is 0 Å². The van der Waals surface area contributed by atoms with Gasteiger partial charge in [-0.25, -0.2) is 4.98 Å². The van der Waals surface area contributed by atoms with Gasteiger partial charge >= 0.3 is 0 Å². The fraction of sp³-hybridized carbons (Fsp3) is 0.182. The number of nitrogens with one attached hydrogen (secondary N) is 1. The maximum Gasteiger partial charge on any atom is 0.123 e. The highest BCUT2D eigenvalue weighted by atomic mass is 32.1. The van der Waals surface area contributed by atoms with Gasteiger partial charge in [0.25, 0.3) is 0 Å². The smallest absolute Gasteiger partial charge is 0.123 e. The quantitative estimate of drug-likeness (QED) is 0.614. The number of thiazole rings is 1. The summed E-state index contributed by atoms with van der Waals surface area (Å²) in [6, 6.07) is 10.2. The van der Waals surface area contributed by atoms with Crippen LogP contribution < -0.4 is 11.3 Å². The molecule has 1 aromatic heterocycles. The lowest BCUT2D eigenvalue weighted by molar-refractivity contribution is 0.746. The monoisotopic (exact) mass is 219 g/mol. The zero-order chi connectivity index (χ0) is 10.7. The van der Waals surface area contributed by atoms with E-state index in [1.165, 1.54) is 4.88 Å². The number of rotatable bonds is 3. The van der Waals surface area contributed by atoms with E-state index < -0.39 is 0 Å². The van der Waals surface area contributed by atoms with Crippen molar-refractivity contribution >= 4 is 11.3 Å². The first kappa shape index (κ1) is 10.3. The summed E-state index contributed by atoms with van der Waals surface area (Å²) in [7, 11) is 0. The van der Waals surface area contributed by atoms with Gasteiger partial charge in [0.2, 0.25) is 0 Å². The molecule has 0 amide bonds. The Morgan fingerprint density at radius 3 is 2.73 bits per heavy atom. The molecule has 0 atom stereocenters. The Labute approximate surface area is 92.9 Å². The lowest BCUT2D eigenvalue weighted by Gasteiger charge is -1.94. The van der Waals surface area contributed by atoms with Crippen molar-refractivity contribution in [3.05, 3.63) is 40.9 Å². The minimum Gasteiger partial charge on any atom is -0.271 e. The fourth-order valence-electron chi connectivity index (χ4n) is 1.39. The molecule has 3 nitrogen and oxygen atoms in total. The summed E-state index contributed by atoms with van der Waals surface area (Å²) in [5.74, 6) is 5.31. The van der Waals surface area contributed by atoms with E-state index in [0.717, 1.165) is 16.3 Å². The van der Waals surface area contributed by atoms with Crippen LogP contribution in [0.1, 0.15) is 10.6 Å². The minimum atomic E-state index is 0.677. The molecule has 0 radical (unpaired) electrons. The highest BCUT2D eigenvalue weighted by Gasteiger charge is 2.07. The Bertz CT molecular complexity index is 436. The zero-order valence-corrected chi connectivity index (χ0v) is 9.34. The van der Waals surface area contributed by atoms with Gasteiger partial charge in [0, 0.05) is 17.0 Å². The van der Waals surface area contributed by atoms with Crippen LogP contribution in [0.15, 0.2) is 30.3 Å². The molecule has 1 heterocycles. The molecule has 3 N–H and O–H groups in total. The van der Waals surface area contributed by atoms with Crippen molar-refractivity contribution < 1.29 is 0 Å². The molecule has 0 unspecified atom stereocenters. The molecular formula is C11H13N3S. The first-order valence-electron chi connectivity index (χ1n) is 4.76. The average molecular weight is 219 g/mol. The third kappa shape index (κ3) is 2.23. The van der Waals surface area contributed by atoms with Crippen molar-refractivity contribution in [1.29, 1.82) is 0 Å². The molecule has 78 valence electrons. The van der Waals surface area contributed by atoms with Gasteiger partial charge in [0.15, 0.2) is 0 Å². The molecular weight excluding hydrogens is 206 g/mol. The van der Waals surface area contributed by atoms with Crippen LogP contribution >= 0.6 is 11.3 Å². The van der Waals surface area contributed by atoms with Crippen LogP contribution in [0.2, 0.25) is 0 Å². The Morgan fingerprint density at radius 1 is 1.33 bits per heavy atom. The van der Waals surface area contributed by atoms with Gasteiger partial charge in [-0.05, 0) is 6.92 Å². The molecule has 0 bridgehead atoms. The van der Waals surface area contributed by atoms with Crippen LogP contribution in [0.5, 0.6) is 0 Å². The van der Waals surface area contributed by atoms with E-state index in [1.807, 2.05) is 25.1 Å². The summed E-state index contributed by atoms with van der Waals surface area (Å²) < 4.78 is 0. The molecule has 0 aliphatic heterocycles. The molecule has 0 spiro atoms. The molecule has 2 rings (SSSR count). The number of nitrogens with two attached hydrogens (primary N) is 1. The topological polar surface area (TPSA) is 50.9 Å². The number of aromatic nitrogens is 1. The standard InChI is InChI=1S/C11H13N3S/c1-8-10(7-13-12)15-11(14-8)9-5-3-2-4-6-9/h2-6,13H,7,12H2,1H3. The lowest BCUT2D eigenvalue weighted by atomic mass is 10.2. The first-order chi connectivity index (χ1) is 7.31. The van der Waals surface area contributed by atoms with Gasteiger partial charge in [-0.2, -0.15) is 0 Å². The molecule has 0 aliphatic rings. The Kier molecular flexibility index (Phi) is 3.11. The average Bonchev–Trinajstić information content (AvgIpc) is 2.63. The van der Waals surface area contributed by atoms with Gasteiger partial charge < -0.3 is 0 Å². The molecule has 2 aromatic rings. The molecule has 4 heteroatoms. The second-order valence-corrected chi connectivity index (χ2v) is 4.36. The van der Waals surface area contributed by atoms with Crippen molar-refractivity contribution in [2.24, 2.45) is 5.84 Å². The normalized spacial score (nSPS) is 10.5. The summed E-state index contributed by atoms with van der Waals surface area (Å²) in [5.41, 5.74) is 4.87. The van der Waals surface area contributed by atoms with Crippen LogP contribution in [0.4, 0.5) is 0 Å². The van der Waals surface area contributed by atoms with Crippen molar-refractivity contribution in [2.45, 2.75) is 13.5 Å². The molecule has 0 aliphatic carbocycles. The summed E-state index contributed by atoms with van der Waals surface area (Å²) in [6.07, 6.45) is 0. The van der Waals surface area contributed by atoms with Gasteiger partial charge in [-0.15, -0.1) is 11.3 Å². The summed E-state index contributed by atoms with van der Waals surface area (Å²) in [5, 5.41) is 1.05. The molecule has 0 saturated heterocycles. The largest absolute Gasteiger partial charge is 0.271 e. The Morgan fingerprint density at radius 2 is 2.07 bits per heavy atom.